The van der Waals surface area contributed by atoms with E-state index >= 15 is 0 Å². The lowest BCUT2D eigenvalue weighted by atomic mass is 10.2. The van der Waals surface area contributed by atoms with Gasteiger partial charge in [0.1, 0.15) is 6.33 Å². The fraction of sp³-hybridized carbons (Fsp3) is 0.125. The summed E-state index contributed by atoms with van der Waals surface area (Å²) in [4.78, 5) is 11.2. The predicted molar refractivity (Wildman–Crippen MR) is 46.4 cm³/mol. The second kappa shape index (κ2) is 2.85. The van der Waals surface area contributed by atoms with Crippen molar-refractivity contribution in [2.75, 3.05) is 7.05 Å². The second-order valence-corrected chi connectivity index (χ2v) is 2.59. The number of fused-ring (bicyclic) bond motifs is 1. The number of nitrogens with zero attached hydrogens (tertiary/aromatic N) is 3. The molecule has 0 saturated carbocycles. The number of nitrogens with one attached hydrogen (secondary N) is 1. The fourth-order valence-electron chi connectivity index (χ4n) is 1.11. The minimum absolute atomic E-state index is 0.115. The van der Waals surface area contributed by atoms with E-state index in [4.69, 9.17) is 0 Å². The van der Waals surface area contributed by atoms with Crippen molar-refractivity contribution in [3.8, 4) is 0 Å². The third kappa shape index (κ3) is 1.24. The molecular formula is C8H8N4O. The minimum Gasteiger partial charge on any atom is -0.355 e. The van der Waals surface area contributed by atoms with Crippen LogP contribution in [0.5, 0.6) is 0 Å². The summed E-state index contributed by atoms with van der Waals surface area (Å²) in [5.41, 5.74) is 1.32. The Morgan fingerprint density at radius 2 is 2.38 bits per heavy atom. The molecule has 0 aromatic carbocycles. The smallest absolute Gasteiger partial charge is 0.252 e. The van der Waals surface area contributed by atoms with Crippen molar-refractivity contribution in [2.24, 2.45) is 0 Å². The molecule has 2 heterocycles. The largest absolute Gasteiger partial charge is 0.355 e. The molecule has 0 atom stereocenters. The van der Waals surface area contributed by atoms with Crippen molar-refractivity contribution < 1.29 is 4.79 Å². The highest BCUT2D eigenvalue weighted by atomic mass is 16.1. The molecule has 0 unspecified atom stereocenters. The summed E-state index contributed by atoms with van der Waals surface area (Å²) < 4.78 is 1.70. The van der Waals surface area contributed by atoms with Crippen LogP contribution in [0.15, 0.2) is 24.7 Å². The molecule has 2 rings (SSSR count). The first-order chi connectivity index (χ1) is 6.31. The zero-order valence-electron chi connectivity index (χ0n) is 7.06. The van der Waals surface area contributed by atoms with Gasteiger partial charge in [-0.05, 0) is 12.1 Å². The predicted octanol–water partition coefficient (Wildman–Crippen LogP) is 0.0889. The van der Waals surface area contributed by atoms with Gasteiger partial charge in [0, 0.05) is 13.2 Å². The molecular weight excluding hydrogens is 168 g/mol. The van der Waals surface area contributed by atoms with Crippen LogP contribution < -0.4 is 5.32 Å². The maximum Gasteiger partial charge on any atom is 0.252 e. The number of hydrogen-bond donors (Lipinski definition) is 1. The van der Waals surface area contributed by atoms with Crippen LogP contribution in [0.3, 0.4) is 0 Å². The number of hydrogen-bond acceptors (Lipinski definition) is 3. The molecule has 5 nitrogen and oxygen atoms in total. The molecule has 2 aromatic rings. The van der Waals surface area contributed by atoms with E-state index in [1.165, 1.54) is 0 Å². The highest BCUT2D eigenvalue weighted by Crippen LogP contribution is 2.02. The quantitative estimate of drug-likeness (QED) is 0.669. The van der Waals surface area contributed by atoms with Gasteiger partial charge in [0.2, 0.25) is 0 Å². The molecule has 1 amide bonds. The SMILES string of the molecule is CNC(=O)c1ccc2nncn2c1. The third-order valence-electron chi connectivity index (χ3n) is 1.78. The number of aromatic nitrogens is 3. The Labute approximate surface area is 74.4 Å². The number of pyridine rings is 1. The van der Waals surface area contributed by atoms with Gasteiger partial charge in [-0.2, -0.15) is 0 Å². The van der Waals surface area contributed by atoms with Crippen LogP contribution in [0, 0.1) is 0 Å². The molecule has 0 spiro atoms. The van der Waals surface area contributed by atoms with Gasteiger partial charge in [0.05, 0.1) is 5.56 Å². The summed E-state index contributed by atoms with van der Waals surface area (Å²) in [6, 6.07) is 3.46. The Morgan fingerprint density at radius 3 is 3.15 bits per heavy atom. The molecule has 2 aromatic heterocycles. The Balaban J connectivity index is 2.54. The van der Waals surface area contributed by atoms with Crippen LogP contribution in [-0.4, -0.2) is 27.6 Å². The molecule has 0 bridgehead atoms. The highest BCUT2D eigenvalue weighted by Gasteiger charge is 2.03. The first-order valence-corrected chi connectivity index (χ1v) is 3.83. The van der Waals surface area contributed by atoms with Gasteiger partial charge < -0.3 is 5.32 Å². The van der Waals surface area contributed by atoms with E-state index in [1.807, 2.05) is 0 Å². The van der Waals surface area contributed by atoms with Crippen molar-refractivity contribution in [2.45, 2.75) is 0 Å². The average Bonchev–Trinajstić information content (AvgIpc) is 2.63. The van der Waals surface area contributed by atoms with Gasteiger partial charge in [0.15, 0.2) is 5.65 Å². The maximum atomic E-state index is 11.2. The monoisotopic (exact) mass is 176 g/mol. The number of carbonyl (C=O) groups is 1. The van der Waals surface area contributed by atoms with Crippen molar-refractivity contribution in [3.05, 3.63) is 30.2 Å². The van der Waals surface area contributed by atoms with Crippen LogP contribution in [0.1, 0.15) is 10.4 Å². The van der Waals surface area contributed by atoms with E-state index in [0.29, 0.717) is 5.56 Å². The van der Waals surface area contributed by atoms with Crippen LogP contribution in [0.2, 0.25) is 0 Å². The molecule has 0 saturated heterocycles. The normalized spacial score (nSPS) is 10.2. The lowest BCUT2D eigenvalue weighted by molar-refractivity contribution is 0.0962. The molecule has 13 heavy (non-hydrogen) atoms. The lowest BCUT2D eigenvalue weighted by Crippen LogP contribution is -2.18. The Kier molecular flexibility index (Phi) is 1.70. The van der Waals surface area contributed by atoms with Gasteiger partial charge in [0.25, 0.3) is 5.91 Å². The van der Waals surface area contributed by atoms with Crippen LogP contribution in [-0.2, 0) is 0 Å². The van der Waals surface area contributed by atoms with Crippen LogP contribution >= 0.6 is 0 Å². The van der Waals surface area contributed by atoms with Gasteiger partial charge in [-0.25, -0.2) is 0 Å². The molecule has 0 fully saturated rings. The van der Waals surface area contributed by atoms with E-state index in [-0.39, 0.29) is 5.91 Å². The Hall–Kier alpha value is -1.91. The molecule has 5 heteroatoms. The Morgan fingerprint density at radius 1 is 1.54 bits per heavy atom. The third-order valence-corrected chi connectivity index (χ3v) is 1.78. The highest BCUT2D eigenvalue weighted by molar-refractivity contribution is 5.93. The standard InChI is InChI=1S/C8H8N4O/c1-9-8(13)6-2-3-7-11-10-5-12(7)4-6/h2-5H,1H3,(H,9,13). The maximum absolute atomic E-state index is 11.2. The van der Waals surface area contributed by atoms with Gasteiger partial charge in [-0.15, -0.1) is 10.2 Å². The first kappa shape index (κ1) is 7.72. The number of amides is 1. The summed E-state index contributed by atoms with van der Waals surface area (Å²) in [5, 5.41) is 10.1. The van der Waals surface area contributed by atoms with E-state index in [0.717, 1.165) is 5.65 Å². The summed E-state index contributed by atoms with van der Waals surface area (Å²) in [5.74, 6) is -0.115. The molecule has 66 valence electrons. The first-order valence-electron chi connectivity index (χ1n) is 3.83. The molecule has 0 aliphatic rings. The van der Waals surface area contributed by atoms with Crippen molar-refractivity contribution in [3.63, 3.8) is 0 Å². The minimum atomic E-state index is -0.115. The summed E-state index contributed by atoms with van der Waals surface area (Å²) in [7, 11) is 1.60. The zero-order valence-corrected chi connectivity index (χ0v) is 7.06. The van der Waals surface area contributed by atoms with Crippen molar-refractivity contribution in [1.82, 2.24) is 19.9 Å². The average molecular weight is 176 g/mol. The fourth-order valence-corrected chi connectivity index (χ4v) is 1.11. The molecule has 0 aliphatic heterocycles. The number of carbonyl (C=O) groups excluding carboxylic acids is 1. The summed E-state index contributed by atoms with van der Waals surface area (Å²) in [6.45, 7) is 0. The summed E-state index contributed by atoms with van der Waals surface area (Å²) >= 11 is 0. The lowest BCUT2D eigenvalue weighted by Gasteiger charge is -1.99. The van der Waals surface area contributed by atoms with Crippen LogP contribution in [0.4, 0.5) is 0 Å². The van der Waals surface area contributed by atoms with E-state index in [1.54, 1.807) is 36.1 Å². The molecule has 0 radical (unpaired) electrons. The Bertz CT molecular complexity index is 448. The van der Waals surface area contributed by atoms with Crippen molar-refractivity contribution >= 4 is 11.6 Å². The molecule has 1 N–H and O–H groups in total. The molecule has 0 aliphatic carbocycles. The van der Waals surface area contributed by atoms with Crippen LogP contribution in [0.25, 0.3) is 5.65 Å². The van der Waals surface area contributed by atoms with Gasteiger partial charge in [-0.3, -0.25) is 9.20 Å². The van der Waals surface area contributed by atoms with E-state index in [2.05, 4.69) is 15.5 Å². The second-order valence-electron chi connectivity index (χ2n) is 2.59. The summed E-state index contributed by atoms with van der Waals surface area (Å²) in [6.07, 6.45) is 3.25. The number of rotatable bonds is 1. The van der Waals surface area contributed by atoms with E-state index < -0.39 is 0 Å². The topological polar surface area (TPSA) is 59.3 Å². The van der Waals surface area contributed by atoms with Crippen molar-refractivity contribution in [1.29, 1.82) is 0 Å². The zero-order chi connectivity index (χ0) is 9.26. The van der Waals surface area contributed by atoms with E-state index in [9.17, 15) is 4.79 Å². The van der Waals surface area contributed by atoms with Gasteiger partial charge in [-0.1, -0.05) is 0 Å². The van der Waals surface area contributed by atoms with Gasteiger partial charge >= 0.3 is 0 Å².